The van der Waals surface area contributed by atoms with Gasteiger partial charge in [0.25, 0.3) is 0 Å². The van der Waals surface area contributed by atoms with E-state index in [2.05, 4.69) is 24.3 Å². The molecule has 0 bridgehead atoms. The van der Waals surface area contributed by atoms with Gasteiger partial charge in [0.2, 0.25) is 0 Å². The molecule has 3 aliphatic carbocycles. The van der Waals surface area contributed by atoms with E-state index < -0.39 is 21.7 Å². The third-order valence-electron chi connectivity index (χ3n) is 5.48. The second-order valence-electron chi connectivity index (χ2n) is 6.00. The third-order valence-corrected chi connectivity index (χ3v) is 5.48. The Morgan fingerprint density at radius 1 is 0.789 bits per heavy atom. The molecule has 0 saturated heterocycles. The molecule has 3 aliphatic rings. The topological polar surface area (TPSA) is 95.2 Å². The van der Waals surface area contributed by atoms with Gasteiger partial charge in [-0.25, -0.2) is 0 Å². The van der Waals surface area contributed by atoms with Crippen LogP contribution < -0.4 is 0 Å². The van der Waals surface area contributed by atoms with Crippen molar-refractivity contribution in [3.05, 3.63) is 12.2 Å². The van der Waals surface area contributed by atoms with E-state index in [1.807, 2.05) is 12.2 Å². The zero-order valence-electron chi connectivity index (χ0n) is 10.5. The maximum atomic E-state index is 9.69. The number of rotatable bonds is 0. The summed E-state index contributed by atoms with van der Waals surface area (Å²) < 4.78 is 0. The van der Waals surface area contributed by atoms with E-state index in [0.717, 1.165) is 19.3 Å². The van der Waals surface area contributed by atoms with E-state index in [0.29, 0.717) is 12.8 Å². The van der Waals surface area contributed by atoms with Crippen molar-refractivity contribution in [3.8, 4) is 24.3 Å². The van der Waals surface area contributed by atoms with Gasteiger partial charge in [-0.2, -0.15) is 21.0 Å². The Hall–Kier alpha value is -2.30. The Morgan fingerprint density at radius 3 is 1.74 bits per heavy atom. The van der Waals surface area contributed by atoms with Gasteiger partial charge in [-0.05, 0) is 32.1 Å². The van der Waals surface area contributed by atoms with Crippen molar-refractivity contribution in [1.82, 2.24) is 0 Å². The fourth-order valence-electron chi connectivity index (χ4n) is 4.38. The molecule has 2 spiro atoms. The normalized spacial score (nSPS) is 34.3. The molecule has 0 radical (unpaired) electrons. The van der Waals surface area contributed by atoms with Crippen molar-refractivity contribution in [1.29, 1.82) is 21.0 Å². The summed E-state index contributed by atoms with van der Waals surface area (Å²) in [4.78, 5) is 0. The minimum atomic E-state index is -1.53. The summed E-state index contributed by atoms with van der Waals surface area (Å²) in [7, 11) is 0. The van der Waals surface area contributed by atoms with Crippen LogP contribution in [-0.4, -0.2) is 0 Å². The number of allylic oxidation sites excluding steroid dienone is 2. The van der Waals surface area contributed by atoms with Crippen LogP contribution in [0.15, 0.2) is 12.2 Å². The first-order valence-electron chi connectivity index (χ1n) is 6.44. The van der Waals surface area contributed by atoms with Crippen LogP contribution in [0.3, 0.4) is 0 Å². The summed E-state index contributed by atoms with van der Waals surface area (Å²) in [5, 5.41) is 38.7. The first-order valence-corrected chi connectivity index (χ1v) is 6.44. The second kappa shape index (κ2) is 3.17. The molecule has 1 unspecified atom stereocenters. The number of nitriles is 4. The molecule has 0 aromatic rings. The van der Waals surface area contributed by atoms with Crippen molar-refractivity contribution < 1.29 is 0 Å². The largest absolute Gasteiger partial charge is 0.196 e. The fraction of sp³-hybridized carbons (Fsp3) is 0.600. The molecule has 0 aliphatic heterocycles. The highest BCUT2D eigenvalue weighted by atomic mass is 14.8. The minimum Gasteiger partial charge on any atom is -0.196 e. The van der Waals surface area contributed by atoms with Gasteiger partial charge < -0.3 is 0 Å². The van der Waals surface area contributed by atoms with E-state index in [4.69, 9.17) is 0 Å². The van der Waals surface area contributed by atoms with Gasteiger partial charge in [0.05, 0.1) is 24.3 Å². The van der Waals surface area contributed by atoms with E-state index in [1.165, 1.54) is 0 Å². The lowest BCUT2D eigenvalue weighted by atomic mass is 9.56. The minimum absolute atomic E-state index is 0.448. The maximum absolute atomic E-state index is 9.69. The van der Waals surface area contributed by atoms with Crippen molar-refractivity contribution in [2.24, 2.45) is 21.7 Å². The van der Waals surface area contributed by atoms with Gasteiger partial charge in [-0.15, -0.1) is 0 Å². The summed E-state index contributed by atoms with van der Waals surface area (Å²) >= 11 is 0. The van der Waals surface area contributed by atoms with Crippen molar-refractivity contribution in [2.75, 3.05) is 0 Å². The Balaban J connectivity index is 2.35. The molecule has 92 valence electrons. The quantitative estimate of drug-likeness (QED) is 0.615. The van der Waals surface area contributed by atoms with Crippen LogP contribution in [0.2, 0.25) is 0 Å². The summed E-state index contributed by atoms with van der Waals surface area (Å²) in [5.41, 5.74) is -4.08. The third kappa shape index (κ3) is 0.917. The Bertz CT molecular complexity index is 614. The van der Waals surface area contributed by atoms with Crippen LogP contribution in [0.1, 0.15) is 32.1 Å². The summed E-state index contributed by atoms with van der Waals surface area (Å²) in [6.45, 7) is 0. The molecular formula is C15H12N4. The van der Waals surface area contributed by atoms with Crippen molar-refractivity contribution in [2.45, 2.75) is 32.1 Å². The molecular weight excluding hydrogens is 236 g/mol. The standard InChI is InChI=1S/C15H12N4/c16-8-14(9-17)12(3-1-2-4-12)7-13(5-6-13)15(14,10-18)11-19/h1,3H,2,4-7H2. The number of hydrogen-bond acceptors (Lipinski definition) is 4. The van der Waals surface area contributed by atoms with E-state index in [-0.39, 0.29) is 0 Å². The highest BCUT2D eigenvalue weighted by molar-refractivity contribution is 5.50. The van der Waals surface area contributed by atoms with Crippen LogP contribution in [0, 0.1) is 67.0 Å². The van der Waals surface area contributed by atoms with Crippen LogP contribution in [0.5, 0.6) is 0 Å². The molecule has 2 saturated carbocycles. The van der Waals surface area contributed by atoms with Crippen LogP contribution in [0.25, 0.3) is 0 Å². The van der Waals surface area contributed by atoms with E-state index in [9.17, 15) is 21.0 Å². The second-order valence-corrected chi connectivity index (χ2v) is 6.00. The van der Waals surface area contributed by atoms with Crippen molar-refractivity contribution >= 4 is 0 Å². The van der Waals surface area contributed by atoms with Gasteiger partial charge in [-0.3, -0.25) is 0 Å². The summed E-state index contributed by atoms with van der Waals surface area (Å²) in [5.74, 6) is 0. The smallest absolute Gasteiger partial charge is 0.184 e. The maximum Gasteiger partial charge on any atom is 0.184 e. The zero-order chi connectivity index (χ0) is 13.8. The SMILES string of the molecule is N#CC1(C#N)C2(C=CCC2)CC2(CC2)C1(C#N)C#N. The van der Waals surface area contributed by atoms with Gasteiger partial charge in [0.1, 0.15) is 0 Å². The van der Waals surface area contributed by atoms with Crippen LogP contribution >= 0.6 is 0 Å². The lowest BCUT2D eigenvalue weighted by Crippen LogP contribution is -2.45. The van der Waals surface area contributed by atoms with Crippen LogP contribution in [0.4, 0.5) is 0 Å². The Kier molecular flexibility index (Phi) is 1.97. The average Bonchev–Trinajstić information content (AvgIpc) is 2.99. The lowest BCUT2D eigenvalue weighted by Gasteiger charge is -2.36. The predicted octanol–water partition coefficient (Wildman–Crippen LogP) is 2.57. The number of hydrogen-bond donors (Lipinski definition) is 0. The Labute approximate surface area is 112 Å². The molecule has 3 rings (SSSR count). The van der Waals surface area contributed by atoms with Gasteiger partial charge in [0.15, 0.2) is 10.8 Å². The average molecular weight is 248 g/mol. The Morgan fingerprint density at radius 2 is 1.37 bits per heavy atom. The van der Waals surface area contributed by atoms with Gasteiger partial charge in [-0.1, -0.05) is 12.2 Å². The summed E-state index contributed by atoms with van der Waals surface area (Å²) in [6, 6.07) is 8.35. The van der Waals surface area contributed by atoms with E-state index >= 15 is 0 Å². The molecule has 1 atom stereocenters. The molecule has 0 aromatic carbocycles. The van der Waals surface area contributed by atoms with Crippen LogP contribution in [-0.2, 0) is 0 Å². The molecule has 2 fully saturated rings. The molecule has 19 heavy (non-hydrogen) atoms. The first-order chi connectivity index (χ1) is 9.11. The molecule has 0 amide bonds. The van der Waals surface area contributed by atoms with Crippen molar-refractivity contribution in [3.63, 3.8) is 0 Å². The zero-order valence-corrected chi connectivity index (χ0v) is 10.5. The van der Waals surface area contributed by atoms with E-state index in [1.54, 1.807) is 0 Å². The molecule has 0 aromatic heterocycles. The molecule has 0 heterocycles. The van der Waals surface area contributed by atoms with Gasteiger partial charge >= 0.3 is 0 Å². The predicted molar refractivity (Wildman–Crippen MR) is 64.4 cm³/mol. The molecule has 0 N–H and O–H groups in total. The monoisotopic (exact) mass is 248 g/mol. The molecule has 4 nitrogen and oxygen atoms in total. The first kappa shape index (κ1) is 11.8. The fourth-order valence-corrected chi connectivity index (χ4v) is 4.38. The highest BCUT2D eigenvalue weighted by Crippen LogP contribution is 2.80. The number of nitrogens with zero attached hydrogens (tertiary/aromatic N) is 4. The highest BCUT2D eigenvalue weighted by Gasteiger charge is 2.83. The summed E-state index contributed by atoms with van der Waals surface area (Å²) in [6.07, 6.45) is 7.58. The van der Waals surface area contributed by atoms with Gasteiger partial charge in [0, 0.05) is 10.8 Å². The lowest BCUT2D eigenvalue weighted by molar-refractivity contribution is 0.187. The molecule has 4 heteroatoms.